The van der Waals surface area contributed by atoms with Gasteiger partial charge >= 0.3 is 0 Å². The van der Waals surface area contributed by atoms with Gasteiger partial charge in [0.2, 0.25) is 5.91 Å². The maximum absolute atomic E-state index is 11.0. The highest BCUT2D eigenvalue weighted by Crippen LogP contribution is 2.24. The van der Waals surface area contributed by atoms with Crippen molar-refractivity contribution in [1.82, 2.24) is 4.98 Å². The van der Waals surface area contributed by atoms with E-state index in [4.69, 9.17) is 11.6 Å². The Bertz CT molecular complexity index is 907. The Labute approximate surface area is 144 Å². The van der Waals surface area contributed by atoms with Crippen molar-refractivity contribution in [2.45, 2.75) is 6.92 Å². The van der Waals surface area contributed by atoms with Crippen LogP contribution in [0.1, 0.15) is 12.5 Å². The minimum absolute atomic E-state index is 0.0947. The number of nitrogens with one attached hydrogen (secondary N) is 2. The molecule has 1 heterocycles. The van der Waals surface area contributed by atoms with Gasteiger partial charge in [0, 0.05) is 29.2 Å². The number of carbonyl (C=O) groups is 1. The van der Waals surface area contributed by atoms with Gasteiger partial charge in [-0.3, -0.25) is 15.2 Å². The van der Waals surface area contributed by atoms with E-state index in [0.29, 0.717) is 5.02 Å². The third-order valence-corrected chi connectivity index (χ3v) is 3.57. The molecule has 1 amide bonds. The van der Waals surface area contributed by atoms with Crippen molar-refractivity contribution in [3.8, 4) is 0 Å². The molecule has 2 N–H and O–H groups in total. The summed E-state index contributed by atoms with van der Waals surface area (Å²) in [4.78, 5) is 15.3. The zero-order chi connectivity index (χ0) is 16.9. The summed E-state index contributed by atoms with van der Waals surface area (Å²) in [6.45, 7) is 1.48. The Hall–Kier alpha value is -2.92. The molecule has 0 spiro atoms. The molecule has 5 nitrogen and oxygen atoms in total. The molecule has 0 bridgehead atoms. The van der Waals surface area contributed by atoms with Crippen LogP contribution in [0.3, 0.4) is 0 Å². The number of anilines is 2. The maximum Gasteiger partial charge on any atom is 0.221 e. The second kappa shape index (κ2) is 7.10. The Morgan fingerprint density at radius 1 is 1.17 bits per heavy atom. The number of aromatic nitrogens is 1. The highest BCUT2D eigenvalue weighted by molar-refractivity contribution is 6.31. The van der Waals surface area contributed by atoms with Crippen molar-refractivity contribution in [2.24, 2.45) is 5.10 Å². The van der Waals surface area contributed by atoms with Crippen LogP contribution in [0.4, 0.5) is 11.4 Å². The maximum atomic E-state index is 11.0. The van der Waals surface area contributed by atoms with E-state index in [1.807, 2.05) is 48.5 Å². The van der Waals surface area contributed by atoms with Crippen LogP contribution in [0.2, 0.25) is 5.02 Å². The van der Waals surface area contributed by atoms with E-state index in [0.717, 1.165) is 27.8 Å². The quantitative estimate of drug-likeness (QED) is 0.550. The molecule has 0 saturated heterocycles. The molecule has 120 valence electrons. The first-order valence-corrected chi connectivity index (χ1v) is 7.70. The van der Waals surface area contributed by atoms with E-state index < -0.39 is 0 Å². The lowest BCUT2D eigenvalue weighted by Gasteiger charge is -2.05. The van der Waals surface area contributed by atoms with E-state index in [1.54, 1.807) is 12.4 Å². The monoisotopic (exact) mass is 338 g/mol. The van der Waals surface area contributed by atoms with Gasteiger partial charge < -0.3 is 5.32 Å². The minimum Gasteiger partial charge on any atom is -0.326 e. The molecule has 24 heavy (non-hydrogen) atoms. The van der Waals surface area contributed by atoms with Gasteiger partial charge in [-0.1, -0.05) is 23.7 Å². The molecular formula is C18H15ClN4O. The lowest BCUT2D eigenvalue weighted by molar-refractivity contribution is -0.114. The predicted octanol–water partition coefficient (Wildman–Crippen LogP) is 4.29. The van der Waals surface area contributed by atoms with Crippen LogP contribution in [0.25, 0.3) is 10.9 Å². The smallest absolute Gasteiger partial charge is 0.221 e. The molecule has 0 aliphatic heterocycles. The summed E-state index contributed by atoms with van der Waals surface area (Å²) in [5, 5.41) is 8.57. The summed E-state index contributed by atoms with van der Waals surface area (Å²) in [6, 6.07) is 14.8. The topological polar surface area (TPSA) is 66.4 Å². The highest BCUT2D eigenvalue weighted by atomic mass is 35.5. The van der Waals surface area contributed by atoms with Gasteiger partial charge in [-0.2, -0.15) is 5.10 Å². The summed E-state index contributed by atoms with van der Waals surface area (Å²) in [5.74, 6) is -0.0947. The molecule has 3 aromatic rings. The summed E-state index contributed by atoms with van der Waals surface area (Å²) in [5.41, 5.74) is 6.35. The number of hydrogen-bond donors (Lipinski definition) is 2. The van der Waals surface area contributed by atoms with Gasteiger partial charge in [-0.05, 0) is 42.0 Å². The number of hydrogen-bond acceptors (Lipinski definition) is 4. The number of halogens is 1. The second-order valence-corrected chi connectivity index (χ2v) is 5.63. The fourth-order valence-corrected chi connectivity index (χ4v) is 2.42. The second-order valence-electron chi connectivity index (χ2n) is 5.19. The lowest BCUT2D eigenvalue weighted by Crippen LogP contribution is -2.05. The van der Waals surface area contributed by atoms with E-state index >= 15 is 0 Å². The molecule has 0 atom stereocenters. The molecule has 3 rings (SSSR count). The molecule has 0 saturated carbocycles. The van der Waals surface area contributed by atoms with Gasteiger partial charge in [0.05, 0.1) is 17.4 Å². The van der Waals surface area contributed by atoms with Gasteiger partial charge in [-0.25, -0.2) is 0 Å². The average molecular weight is 339 g/mol. The van der Waals surface area contributed by atoms with E-state index in [-0.39, 0.29) is 5.91 Å². The van der Waals surface area contributed by atoms with Crippen LogP contribution in [0.15, 0.2) is 59.8 Å². The largest absolute Gasteiger partial charge is 0.326 e. The molecule has 1 aromatic heterocycles. The first-order chi connectivity index (χ1) is 11.6. The minimum atomic E-state index is -0.0947. The predicted molar refractivity (Wildman–Crippen MR) is 98.7 cm³/mol. The Morgan fingerprint density at radius 2 is 1.96 bits per heavy atom. The summed E-state index contributed by atoms with van der Waals surface area (Å²) in [7, 11) is 0. The summed E-state index contributed by atoms with van der Waals surface area (Å²) < 4.78 is 0. The molecule has 0 radical (unpaired) electrons. The number of fused-ring (bicyclic) bond motifs is 1. The Balaban J connectivity index is 1.73. The lowest BCUT2D eigenvalue weighted by atomic mass is 10.2. The number of nitrogens with zero attached hydrogens (tertiary/aromatic N) is 2. The van der Waals surface area contributed by atoms with Crippen LogP contribution in [0.5, 0.6) is 0 Å². The number of benzene rings is 2. The van der Waals surface area contributed by atoms with Crippen molar-refractivity contribution in [3.05, 3.63) is 65.3 Å². The Kier molecular flexibility index (Phi) is 4.72. The fourth-order valence-electron chi connectivity index (χ4n) is 2.25. The van der Waals surface area contributed by atoms with E-state index in [2.05, 4.69) is 20.8 Å². The third-order valence-electron chi connectivity index (χ3n) is 3.33. The zero-order valence-electron chi connectivity index (χ0n) is 13.0. The SMILES string of the molecule is CC(=O)Nc1ccc(/C=N\Nc2ccnc3cc(Cl)ccc23)cc1. The number of hydrazone groups is 1. The molecule has 0 aliphatic rings. The van der Waals surface area contributed by atoms with E-state index in [9.17, 15) is 4.79 Å². The number of pyridine rings is 1. The van der Waals surface area contributed by atoms with E-state index in [1.165, 1.54) is 6.92 Å². The van der Waals surface area contributed by atoms with Crippen LogP contribution in [0, 0.1) is 0 Å². The van der Waals surface area contributed by atoms with Crippen LogP contribution < -0.4 is 10.7 Å². The third kappa shape index (κ3) is 3.88. The fraction of sp³-hybridized carbons (Fsp3) is 0.0556. The number of carbonyl (C=O) groups excluding carboxylic acids is 1. The standard InChI is InChI=1S/C18H15ClN4O/c1-12(24)22-15-5-2-13(3-6-15)11-21-23-17-8-9-20-18-10-14(19)4-7-16(17)18/h2-11H,1H3,(H,20,23)(H,22,24)/b21-11-. The normalized spacial score (nSPS) is 10.9. The van der Waals surface area contributed by atoms with Gasteiger partial charge in [-0.15, -0.1) is 0 Å². The summed E-state index contributed by atoms with van der Waals surface area (Å²) >= 11 is 5.98. The van der Waals surface area contributed by atoms with Crippen LogP contribution in [-0.2, 0) is 4.79 Å². The first kappa shape index (κ1) is 16.0. The molecular weight excluding hydrogens is 324 g/mol. The van der Waals surface area contributed by atoms with Gasteiger partial charge in [0.25, 0.3) is 0 Å². The van der Waals surface area contributed by atoms with Crippen molar-refractivity contribution in [3.63, 3.8) is 0 Å². The van der Waals surface area contributed by atoms with Crippen molar-refractivity contribution < 1.29 is 4.79 Å². The Morgan fingerprint density at radius 3 is 2.71 bits per heavy atom. The molecule has 2 aromatic carbocycles. The molecule has 6 heteroatoms. The highest BCUT2D eigenvalue weighted by Gasteiger charge is 2.01. The number of rotatable bonds is 4. The van der Waals surface area contributed by atoms with Crippen LogP contribution >= 0.6 is 11.6 Å². The van der Waals surface area contributed by atoms with Crippen molar-refractivity contribution >= 4 is 46.0 Å². The van der Waals surface area contributed by atoms with Crippen LogP contribution in [-0.4, -0.2) is 17.1 Å². The molecule has 0 unspecified atom stereocenters. The zero-order valence-corrected chi connectivity index (χ0v) is 13.7. The van der Waals surface area contributed by atoms with Crippen molar-refractivity contribution in [2.75, 3.05) is 10.7 Å². The average Bonchev–Trinajstić information content (AvgIpc) is 2.56. The molecule has 0 aliphatic carbocycles. The van der Waals surface area contributed by atoms with Gasteiger partial charge in [0.1, 0.15) is 0 Å². The number of amides is 1. The van der Waals surface area contributed by atoms with Crippen molar-refractivity contribution in [1.29, 1.82) is 0 Å². The summed E-state index contributed by atoms with van der Waals surface area (Å²) in [6.07, 6.45) is 3.42. The first-order valence-electron chi connectivity index (χ1n) is 7.33. The van der Waals surface area contributed by atoms with Gasteiger partial charge in [0.15, 0.2) is 0 Å². The molecule has 0 fully saturated rings.